The van der Waals surface area contributed by atoms with E-state index in [4.69, 9.17) is 4.74 Å². The number of hydrogen-bond acceptors (Lipinski definition) is 4. The van der Waals surface area contributed by atoms with Crippen LogP contribution >= 0.6 is 0 Å². The van der Waals surface area contributed by atoms with Crippen LogP contribution in [0, 0.1) is 0 Å². The average molecular weight is 214 g/mol. The summed E-state index contributed by atoms with van der Waals surface area (Å²) >= 11 is 0. The number of nitrogens with one attached hydrogen (secondary N) is 1. The maximum Gasteiger partial charge on any atom is 0.331 e. The van der Waals surface area contributed by atoms with Crippen LogP contribution in [0.2, 0.25) is 0 Å². The number of nitrogens with two attached hydrogens (primary N) is 1. The molecule has 0 aromatic carbocycles. The van der Waals surface area contributed by atoms with E-state index in [0.29, 0.717) is 6.42 Å². The molecule has 0 radical (unpaired) electrons. The van der Waals surface area contributed by atoms with Gasteiger partial charge in [-0.15, -0.1) is 0 Å². The van der Waals surface area contributed by atoms with Gasteiger partial charge in [-0.3, -0.25) is 10.1 Å². The minimum absolute atomic E-state index is 0.207. The van der Waals surface area contributed by atoms with Crippen molar-refractivity contribution >= 4 is 17.9 Å². The summed E-state index contributed by atoms with van der Waals surface area (Å²) in [4.78, 5) is 32.0. The minimum Gasteiger partial charge on any atom is -0.460 e. The van der Waals surface area contributed by atoms with E-state index in [1.807, 2.05) is 6.92 Å². The van der Waals surface area contributed by atoms with E-state index in [9.17, 15) is 14.4 Å². The summed E-state index contributed by atoms with van der Waals surface area (Å²) in [6, 6.07) is -0.972. The molecule has 0 spiro atoms. The Morgan fingerprint density at radius 3 is 2.47 bits per heavy atom. The molecule has 0 saturated heterocycles. The highest BCUT2D eigenvalue weighted by Gasteiger charge is 2.05. The molecule has 3 N–H and O–H groups in total. The van der Waals surface area contributed by atoms with Crippen molar-refractivity contribution in [2.75, 3.05) is 0 Å². The van der Waals surface area contributed by atoms with Crippen LogP contribution in [0.5, 0.6) is 0 Å². The van der Waals surface area contributed by atoms with E-state index in [2.05, 4.69) is 5.73 Å². The van der Waals surface area contributed by atoms with Crippen molar-refractivity contribution in [1.82, 2.24) is 5.32 Å². The number of esters is 1. The number of carbonyl (C=O) groups is 3. The van der Waals surface area contributed by atoms with Crippen molar-refractivity contribution < 1.29 is 19.1 Å². The Balaban J connectivity index is 4.00. The van der Waals surface area contributed by atoms with Crippen molar-refractivity contribution in [3.63, 3.8) is 0 Å². The molecule has 0 saturated carbocycles. The lowest BCUT2D eigenvalue weighted by atomic mass is 10.3. The van der Waals surface area contributed by atoms with E-state index in [1.54, 1.807) is 12.2 Å². The van der Waals surface area contributed by atoms with Gasteiger partial charge in [-0.2, -0.15) is 0 Å². The molecular formula is C9H14N2O4. The van der Waals surface area contributed by atoms with Gasteiger partial charge in [0.05, 0.1) is 6.10 Å². The molecule has 0 heterocycles. The molecule has 0 aliphatic carbocycles. The Bertz CT molecular complexity index is 286. The second kappa shape index (κ2) is 6.58. The Morgan fingerprint density at radius 2 is 2.00 bits per heavy atom. The average Bonchev–Trinajstić information content (AvgIpc) is 2.13. The van der Waals surface area contributed by atoms with Crippen LogP contribution < -0.4 is 11.1 Å². The molecule has 0 unspecified atom stereocenters. The first kappa shape index (κ1) is 13.2. The Morgan fingerprint density at radius 1 is 1.40 bits per heavy atom. The summed E-state index contributed by atoms with van der Waals surface area (Å²) in [5.74, 6) is -1.40. The van der Waals surface area contributed by atoms with E-state index in [1.165, 1.54) is 0 Å². The van der Waals surface area contributed by atoms with Crippen LogP contribution in [-0.4, -0.2) is 24.0 Å². The van der Waals surface area contributed by atoms with Crippen molar-refractivity contribution in [2.45, 2.75) is 26.4 Å². The van der Waals surface area contributed by atoms with Gasteiger partial charge in [-0.25, -0.2) is 9.59 Å². The lowest BCUT2D eigenvalue weighted by molar-refractivity contribution is -0.142. The number of primary amides is 1. The predicted octanol–water partition coefficient (Wildman–Crippen LogP) is 0.0792. The zero-order chi connectivity index (χ0) is 11.8. The molecule has 0 fully saturated rings. The normalized spacial score (nSPS) is 12.1. The molecule has 0 bridgehead atoms. The predicted molar refractivity (Wildman–Crippen MR) is 52.7 cm³/mol. The summed E-state index contributed by atoms with van der Waals surface area (Å²) in [6.45, 7) is 3.59. The first-order chi connectivity index (χ1) is 6.95. The van der Waals surface area contributed by atoms with E-state index in [-0.39, 0.29) is 6.10 Å². The van der Waals surface area contributed by atoms with Crippen LogP contribution in [-0.2, 0) is 14.3 Å². The van der Waals surface area contributed by atoms with Crippen LogP contribution in [0.4, 0.5) is 4.79 Å². The third kappa shape index (κ3) is 7.24. The quantitative estimate of drug-likeness (QED) is 0.511. The van der Waals surface area contributed by atoms with Crippen molar-refractivity contribution in [3.8, 4) is 0 Å². The SMILES string of the molecule is CC[C@@H](C)OC(=O)/C=C/C(=O)NC(N)=O. The third-order valence-electron chi connectivity index (χ3n) is 1.51. The van der Waals surface area contributed by atoms with Gasteiger partial charge < -0.3 is 10.5 Å². The molecule has 0 aliphatic heterocycles. The molecule has 3 amide bonds. The van der Waals surface area contributed by atoms with Gasteiger partial charge in [-0.1, -0.05) is 6.92 Å². The summed E-state index contributed by atoms with van der Waals surface area (Å²) in [6.07, 6.45) is 2.30. The van der Waals surface area contributed by atoms with Gasteiger partial charge in [0.1, 0.15) is 0 Å². The number of carbonyl (C=O) groups excluding carboxylic acids is 3. The fraction of sp³-hybridized carbons (Fsp3) is 0.444. The van der Waals surface area contributed by atoms with Crippen LogP contribution in [0.15, 0.2) is 12.2 Å². The largest absolute Gasteiger partial charge is 0.460 e. The lowest BCUT2D eigenvalue weighted by Gasteiger charge is -2.07. The van der Waals surface area contributed by atoms with Gasteiger partial charge in [0.15, 0.2) is 0 Å². The van der Waals surface area contributed by atoms with Crippen LogP contribution in [0.1, 0.15) is 20.3 Å². The Kier molecular flexibility index (Phi) is 5.77. The van der Waals surface area contributed by atoms with Gasteiger partial charge in [0, 0.05) is 12.2 Å². The second-order valence-electron chi connectivity index (χ2n) is 2.84. The zero-order valence-corrected chi connectivity index (χ0v) is 8.65. The standard InChI is InChI=1S/C9H14N2O4/c1-3-6(2)15-8(13)5-4-7(12)11-9(10)14/h4-6H,3H2,1-2H3,(H3,10,11,12,14)/b5-4+/t6-/m1/s1. The molecule has 0 aromatic rings. The smallest absolute Gasteiger partial charge is 0.331 e. The zero-order valence-electron chi connectivity index (χ0n) is 8.65. The van der Waals surface area contributed by atoms with Gasteiger partial charge >= 0.3 is 12.0 Å². The van der Waals surface area contributed by atoms with Crippen molar-refractivity contribution in [2.24, 2.45) is 5.73 Å². The summed E-state index contributed by atoms with van der Waals surface area (Å²) in [5, 5.41) is 1.77. The molecule has 84 valence electrons. The lowest BCUT2D eigenvalue weighted by Crippen LogP contribution is -2.33. The molecule has 6 heteroatoms. The van der Waals surface area contributed by atoms with E-state index < -0.39 is 17.9 Å². The first-order valence-corrected chi connectivity index (χ1v) is 4.44. The molecular weight excluding hydrogens is 200 g/mol. The van der Waals surface area contributed by atoms with Crippen molar-refractivity contribution in [3.05, 3.63) is 12.2 Å². The first-order valence-electron chi connectivity index (χ1n) is 4.44. The number of rotatable bonds is 4. The maximum atomic E-state index is 11.0. The molecule has 0 rings (SSSR count). The Labute approximate surface area is 87.5 Å². The van der Waals surface area contributed by atoms with Gasteiger partial charge in [-0.05, 0) is 13.3 Å². The highest BCUT2D eigenvalue weighted by atomic mass is 16.5. The summed E-state index contributed by atoms with van der Waals surface area (Å²) < 4.78 is 4.83. The fourth-order valence-electron chi connectivity index (χ4n) is 0.628. The highest BCUT2D eigenvalue weighted by Crippen LogP contribution is 1.96. The fourth-order valence-corrected chi connectivity index (χ4v) is 0.628. The van der Waals surface area contributed by atoms with Crippen LogP contribution in [0.25, 0.3) is 0 Å². The molecule has 0 aliphatic rings. The molecule has 15 heavy (non-hydrogen) atoms. The van der Waals surface area contributed by atoms with E-state index in [0.717, 1.165) is 12.2 Å². The molecule has 1 atom stereocenters. The van der Waals surface area contributed by atoms with Crippen molar-refractivity contribution in [1.29, 1.82) is 0 Å². The number of urea groups is 1. The monoisotopic (exact) mass is 214 g/mol. The van der Waals surface area contributed by atoms with Gasteiger partial charge in [0.25, 0.3) is 5.91 Å². The second-order valence-corrected chi connectivity index (χ2v) is 2.84. The topological polar surface area (TPSA) is 98.5 Å². The Hall–Kier alpha value is -1.85. The maximum absolute atomic E-state index is 11.0. The number of amides is 3. The number of imide groups is 1. The third-order valence-corrected chi connectivity index (χ3v) is 1.51. The summed E-state index contributed by atoms with van der Waals surface area (Å²) in [7, 11) is 0. The molecule has 6 nitrogen and oxygen atoms in total. The number of hydrogen-bond donors (Lipinski definition) is 2. The van der Waals surface area contributed by atoms with Crippen LogP contribution in [0.3, 0.4) is 0 Å². The minimum atomic E-state index is -0.972. The highest BCUT2D eigenvalue weighted by molar-refractivity contribution is 6.02. The summed E-state index contributed by atoms with van der Waals surface area (Å²) in [5.41, 5.74) is 4.68. The van der Waals surface area contributed by atoms with Gasteiger partial charge in [0.2, 0.25) is 0 Å². The molecule has 0 aromatic heterocycles. The number of ether oxygens (including phenoxy) is 1. The van der Waals surface area contributed by atoms with E-state index >= 15 is 0 Å².